The van der Waals surface area contributed by atoms with E-state index in [9.17, 15) is 26.5 Å². The second kappa shape index (κ2) is 7.21. The molecule has 2 nitrogen and oxygen atoms in total. The van der Waals surface area contributed by atoms with Gasteiger partial charge in [-0.1, -0.05) is 17.7 Å². The van der Waals surface area contributed by atoms with Crippen LogP contribution in [0.15, 0.2) is 12.1 Å². The van der Waals surface area contributed by atoms with Gasteiger partial charge in [0.2, 0.25) is 0 Å². The van der Waals surface area contributed by atoms with Crippen LogP contribution in [0.1, 0.15) is 45.2 Å². The molecule has 1 saturated carbocycles. The molecule has 0 heterocycles. The number of hydrogen-bond acceptors (Lipinski definition) is 2. The number of nitrogens with one attached hydrogen (secondary N) is 1. The lowest BCUT2D eigenvalue weighted by Crippen LogP contribution is -2.47. The third kappa shape index (κ3) is 4.59. The first kappa shape index (κ1) is 20.7. The molecule has 1 aliphatic rings. The second-order valence-corrected chi connectivity index (χ2v) is 9.59. The zero-order valence-electron chi connectivity index (χ0n) is 13.9. The fourth-order valence-electron chi connectivity index (χ4n) is 2.69. The maximum Gasteiger partial charge on any atom is 0.391 e. The van der Waals surface area contributed by atoms with Crippen LogP contribution in [0.2, 0.25) is 5.02 Å². The lowest BCUT2D eigenvalue weighted by Gasteiger charge is -2.42. The maximum absolute atomic E-state index is 14.4. The van der Waals surface area contributed by atoms with E-state index in [2.05, 4.69) is 4.72 Å². The second-order valence-electron chi connectivity index (χ2n) is 7.21. The number of hydrogen-bond donors (Lipinski definition) is 1. The van der Waals surface area contributed by atoms with E-state index in [1.807, 2.05) is 0 Å². The van der Waals surface area contributed by atoms with E-state index in [4.69, 9.17) is 11.6 Å². The van der Waals surface area contributed by atoms with Crippen molar-refractivity contribution >= 4 is 23.0 Å². The third-order valence-corrected chi connectivity index (χ3v) is 6.23. The van der Waals surface area contributed by atoms with Crippen molar-refractivity contribution in [2.45, 2.75) is 50.6 Å². The molecule has 142 valence electrons. The van der Waals surface area contributed by atoms with Gasteiger partial charge in [0.25, 0.3) is 0 Å². The van der Waals surface area contributed by atoms with Crippen molar-refractivity contribution in [2.24, 2.45) is 11.8 Å². The van der Waals surface area contributed by atoms with E-state index in [1.165, 1.54) is 0 Å². The molecule has 0 aromatic heterocycles. The smallest absolute Gasteiger partial charge is 0.391 e. The van der Waals surface area contributed by atoms with E-state index in [-0.39, 0.29) is 18.4 Å². The topological polar surface area (TPSA) is 35.1 Å². The van der Waals surface area contributed by atoms with Crippen LogP contribution in [0.25, 0.3) is 0 Å². The molecule has 0 bridgehead atoms. The van der Waals surface area contributed by atoms with Crippen molar-refractivity contribution in [1.29, 1.82) is 0 Å². The van der Waals surface area contributed by atoms with Gasteiger partial charge in [-0.3, -0.25) is 0 Å². The normalized spacial score (nSPS) is 23.9. The predicted octanol–water partition coefficient (Wildman–Crippen LogP) is 5.30. The highest BCUT2D eigenvalue weighted by Crippen LogP contribution is 2.50. The molecule has 9 heteroatoms. The molecule has 0 aliphatic heterocycles. The Morgan fingerprint density at radius 1 is 1.20 bits per heavy atom. The first-order valence-corrected chi connectivity index (χ1v) is 9.23. The molecule has 1 aromatic carbocycles. The lowest BCUT2D eigenvalue weighted by molar-refractivity contribution is -0.206. The Kier molecular flexibility index (Phi) is 5.98. The molecule has 2 atom stereocenters. The Hall–Kier alpha value is -0.570. The highest BCUT2D eigenvalue weighted by atomic mass is 35.5. The van der Waals surface area contributed by atoms with Gasteiger partial charge in [0.1, 0.15) is 21.4 Å². The highest BCUT2D eigenvalue weighted by molar-refractivity contribution is 7.90. The zero-order chi connectivity index (χ0) is 19.2. The minimum atomic E-state index is -4.32. The Bertz CT molecular complexity index is 628. The van der Waals surface area contributed by atoms with E-state index < -0.39 is 56.8 Å². The number of rotatable bonds is 4. The van der Waals surface area contributed by atoms with Gasteiger partial charge in [0, 0.05) is 16.9 Å². The van der Waals surface area contributed by atoms with Gasteiger partial charge in [-0.05, 0) is 45.6 Å². The van der Waals surface area contributed by atoms with E-state index in [0.29, 0.717) is 0 Å². The molecule has 0 radical (unpaired) electrons. The van der Waals surface area contributed by atoms with Gasteiger partial charge in [-0.2, -0.15) is 13.2 Å². The molecule has 25 heavy (non-hydrogen) atoms. The molecule has 1 aromatic rings. The largest absolute Gasteiger partial charge is 0.598 e. The lowest BCUT2D eigenvalue weighted by atomic mass is 9.69. The van der Waals surface area contributed by atoms with Crippen LogP contribution in [-0.4, -0.2) is 15.5 Å². The molecule has 1 unspecified atom stereocenters. The Balaban J connectivity index is 2.30. The number of halogens is 6. The Labute approximate surface area is 151 Å². The molecule has 1 N–H and O–H groups in total. The summed E-state index contributed by atoms with van der Waals surface area (Å²) in [6.45, 7) is 5.04. The molecule has 1 aliphatic carbocycles. The van der Waals surface area contributed by atoms with Crippen molar-refractivity contribution in [3.63, 3.8) is 0 Å². The molecule has 1 fully saturated rings. The fraction of sp³-hybridized carbons (Fsp3) is 0.625. The average Bonchev–Trinajstić information content (AvgIpc) is 2.40. The third-order valence-electron chi connectivity index (χ3n) is 4.30. The Morgan fingerprint density at radius 2 is 1.76 bits per heavy atom. The van der Waals surface area contributed by atoms with E-state index in [0.717, 1.165) is 12.1 Å². The zero-order valence-corrected chi connectivity index (χ0v) is 15.5. The van der Waals surface area contributed by atoms with Gasteiger partial charge in [0.05, 0.1) is 12.0 Å². The predicted molar refractivity (Wildman–Crippen MR) is 87.4 cm³/mol. The van der Waals surface area contributed by atoms with Crippen LogP contribution >= 0.6 is 11.6 Å². The molecular formula is C16H19ClF5NOS. The summed E-state index contributed by atoms with van der Waals surface area (Å²) in [5.41, 5.74) is -0.0744. The van der Waals surface area contributed by atoms with Gasteiger partial charge >= 0.3 is 6.18 Å². The summed E-state index contributed by atoms with van der Waals surface area (Å²) in [6.07, 6.45) is -4.74. The molecule has 0 amide bonds. The van der Waals surface area contributed by atoms with Crippen molar-refractivity contribution in [3.05, 3.63) is 34.4 Å². The van der Waals surface area contributed by atoms with Gasteiger partial charge in [0.15, 0.2) is 0 Å². The van der Waals surface area contributed by atoms with Gasteiger partial charge < -0.3 is 4.55 Å². The van der Waals surface area contributed by atoms with Crippen LogP contribution in [0, 0.1) is 23.5 Å². The first-order chi connectivity index (χ1) is 11.3. The minimum absolute atomic E-state index is 0.0744. The number of benzene rings is 1. The van der Waals surface area contributed by atoms with Crippen LogP contribution < -0.4 is 4.72 Å². The van der Waals surface area contributed by atoms with Crippen LogP contribution in [0.4, 0.5) is 22.0 Å². The van der Waals surface area contributed by atoms with E-state index in [1.54, 1.807) is 20.8 Å². The maximum atomic E-state index is 14.4. The monoisotopic (exact) mass is 403 g/mol. The molecule has 2 rings (SSSR count). The molecular weight excluding hydrogens is 385 g/mol. The van der Waals surface area contributed by atoms with Crippen LogP contribution in [0.3, 0.4) is 0 Å². The Morgan fingerprint density at radius 3 is 2.24 bits per heavy atom. The van der Waals surface area contributed by atoms with Crippen molar-refractivity contribution in [2.75, 3.05) is 0 Å². The SMILES string of the molecule is CC(C)(C)[S+]([O-])N[C@H](c1ccc(F)c(Cl)c1F)C1CC(C(F)(F)F)C1. The summed E-state index contributed by atoms with van der Waals surface area (Å²) < 4.78 is 80.5. The first-order valence-electron chi connectivity index (χ1n) is 7.70. The summed E-state index contributed by atoms with van der Waals surface area (Å²) >= 11 is 3.94. The number of alkyl halides is 3. The average molecular weight is 404 g/mol. The van der Waals surface area contributed by atoms with Crippen molar-refractivity contribution < 1.29 is 26.5 Å². The molecule has 0 saturated heterocycles. The fourth-order valence-corrected chi connectivity index (χ4v) is 3.76. The summed E-state index contributed by atoms with van der Waals surface area (Å²) in [5, 5.41) is -0.725. The summed E-state index contributed by atoms with van der Waals surface area (Å²) in [4.78, 5) is 0. The minimum Gasteiger partial charge on any atom is -0.598 e. The van der Waals surface area contributed by atoms with Gasteiger partial charge in [-0.25, -0.2) is 8.78 Å². The molecule has 0 spiro atoms. The van der Waals surface area contributed by atoms with Crippen LogP contribution in [-0.2, 0) is 11.4 Å². The van der Waals surface area contributed by atoms with E-state index >= 15 is 0 Å². The van der Waals surface area contributed by atoms with Crippen LogP contribution in [0.5, 0.6) is 0 Å². The summed E-state index contributed by atoms with van der Waals surface area (Å²) in [6, 6.07) is 1.14. The summed E-state index contributed by atoms with van der Waals surface area (Å²) in [5.74, 6) is -4.04. The van der Waals surface area contributed by atoms with Crippen molar-refractivity contribution in [3.8, 4) is 0 Å². The quantitative estimate of drug-likeness (QED) is 0.420. The standard InChI is InChI=1S/C16H19ClF5NOS/c1-15(2,3)25(24)23-14(8-6-9(7-8)16(20,21)22)10-4-5-11(18)12(17)13(10)19/h4-5,8-9,14,23H,6-7H2,1-3H3/t8?,9?,14-,25?/m0/s1. The summed E-state index contributed by atoms with van der Waals surface area (Å²) in [7, 11) is 0. The van der Waals surface area contributed by atoms with Crippen molar-refractivity contribution in [1.82, 2.24) is 4.72 Å². The highest BCUT2D eigenvalue weighted by Gasteiger charge is 2.51. The van der Waals surface area contributed by atoms with Gasteiger partial charge in [-0.15, -0.1) is 4.72 Å².